The average molecular weight is 208 g/mol. The second kappa shape index (κ2) is 3.84. The highest BCUT2D eigenvalue weighted by atomic mass is 32.1. The minimum Gasteiger partial charge on any atom is -0.251 e. The van der Waals surface area contributed by atoms with Crippen molar-refractivity contribution in [3.05, 3.63) is 35.2 Å². The number of halogens is 1. The van der Waals surface area contributed by atoms with E-state index in [1.807, 2.05) is 6.92 Å². The number of nitrogens with zero attached hydrogens (tertiary/aromatic N) is 2. The Morgan fingerprint density at radius 2 is 2.29 bits per heavy atom. The molecule has 0 unspecified atom stereocenters. The number of aromatic nitrogens is 2. The molecule has 0 aliphatic carbocycles. The Labute approximate surface area is 85.5 Å². The summed E-state index contributed by atoms with van der Waals surface area (Å²) in [6.45, 7) is 2.05. The summed E-state index contributed by atoms with van der Waals surface area (Å²) in [4.78, 5) is 9.25. The smallest absolute Gasteiger partial charge is 0.151 e. The van der Waals surface area contributed by atoms with Crippen molar-refractivity contribution in [2.24, 2.45) is 0 Å². The summed E-state index contributed by atoms with van der Waals surface area (Å²) in [5.41, 5.74) is 0.345. The first-order valence-electron chi connectivity index (χ1n) is 4.37. The second-order valence-electron chi connectivity index (χ2n) is 2.82. The number of aryl methyl sites for hydroxylation is 1. The lowest BCUT2D eigenvalue weighted by molar-refractivity contribution is 0.625. The molecule has 2 rings (SSSR count). The number of pyridine rings is 1. The molecule has 2 aromatic rings. The van der Waals surface area contributed by atoms with Crippen molar-refractivity contribution < 1.29 is 4.39 Å². The molecule has 0 amide bonds. The summed E-state index contributed by atoms with van der Waals surface area (Å²) in [6.07, 6.45) is 4.27. The highest BCUT2D eigenvalue weighted by molar-refractivity contribution is 7.14. The van der Waals surface area contributed by atoms with E-state index in [0.29, 0.717) is 10.7 Å². The van der Waals surface area contributed by atoms with E-state index in [1.54, 1.807) is 18.5 Å². The van der Waals surface area contributed by atoms with Gasteiger partial charge in [0.2, 0.25) is 0 Å². The molecule has 14 heavy (non-hydrogen) atoms. The maximum Gasteiger partial charge on any atom is 0.151 e. The monoisotopic (exact) mass is 208 g/mol. The molecule has 0 aliphatic heterocycles. The van der Waals surface area contributed by atoms with E-state index in [9.17, 15) is 4.39 Å². The first-order valence-corrected chi connectivity index (χ1v) is 5.18. The van der Waals surface area contributed by atoms with Gasteiger partial charge in [0.1, 0.15) is 10.7 Å². The molecule has 72 valence electrons. The van der Waals surface area contributed by atoms with Crippen LogP contribution in [0.4, 0.5) is 4.39 Å². The number of hydrogen-bond donors (Lipinski definition) is 0. The lowest BCUT2D eigenvalue weighted by atomic mass is 10.3. The predicted molar refractivity (Wildman–Crippen MR) is 54.7 cm³/mol. The Hall–Kier alpha value is -1.29. The molecule has 0 aliphatic rings. The maximum absolute atomic E-state index is 13.3. The van der Waals surface area contributed by atoms with Crippen LogP contribution in [0.15, 0.2) is 24.5 Å². The van der Waals surface area contributed by atoms with Crippen LogP contribution < -0.4 is 0 Å². The molecule has 0 aromatic carbocycles. The summed E-state index contributed by atoms with van der Waals surface area (Å²) in [5.74, 6) is -0.315. The summed E-state index contributed by atoms with van der Waals surface area (Å²) in [5, 5.41) is 0.653. The van der Waals surface area contributed by atoms with Crippen LogP contribution in [-0.4, -0.2) is 9.97 Å². The first kappa shape index (κ1) is 9.27. The van der Waals surface area contributed by atoms with Crippen molar-refractivity contribution >= 4 is 11.3 Å². The van der Waals surface area contributed by atoms with E-state index >= 15 is 0 Å². The molecule has 2 nitrogen and oxygen atoms in total. The summed E-state index contributed by atoms with van der Waals surface area (Å²) < 4.78 is 13.3. The average Bonchev–Trinajstić information content (AvgIpc) is 2.67. The van der Waals surface area contributed by atoms with Crippen molar-refractivity contribution in [2.75, 3.05) is 0 Å². The van der Waals surface area contributed by atoms with E-state index in [1.165, 1.54) is 17.4 Å². The van der Waals surface area contributed by atoms with Crippen molar-refractivity contribution in [2.45, 2.75) is 13.3 Å². The molecule has 0 bridgehead atoms. The highest BCUT2D eigenvalue weighted by Crippen LogP contribution is 2.25. The third-order valence-corrected chi connectivity index (χ3v) is 3.01. The van der Waals surface area contributed by atoms with Gasteiger partial charge in [0.05, 0.1) is 0 Å². The standard InChI is InChI=1S/C10H9FN2S/c1-2-7-6-13-10(14-7)9-8(11)4-3-5-12-9/h3-6H,2H2,1H3. The molecule has 0 fully saturated rings. The molecule has 2 aromatic heterocycles. The van der Waals surface area contributed by atoms with Crippen molar-refractivity contribution in [3.63, 3.8) is 0 Å². The molecular formula is C10H9FN2S. The molecule has 2 heterocycles. The Morgan fingerprint density at radius 1 is 1.43 bits per heavy atom. The first-order chi connectivity index (χ1) is 6.81. The highest BCUT2D eigenvalue weighted by Gasteiger charge is 2.09. The fraction of sp³-hybridized carbons (Fsp3) is 0.200. The molecule has 0 radical (unpaired) electrons. The van der Waals surface area contributed by atoms with Gasteiger partial charge in [-0.1, -0.05) is 6.92 Å². The van der Waals surface area contributed by atoms with Crippen LogP contribution in [0, 0.1) is 5.82 Å². The van der Waals surface area contributed by atoms with Crippen LogP contribution in [0.3, 0.4) is 0 Å². The van der Waals surface area contributed by atoms with Gasteiger partial charge in [0.25, 0.3) is 0 Å². The van der Waals surface area contributed by atoms with Crippen LogP contribution in [0.2, 0.25) is 0 Å². The second-order valence-corrected chi connectivity index (χ2v) is 3.93. The molecular weight excluding hydrogens is 199 g/mol. The molecule has 0 saturated carbocycles. The summed E-state index contributed by atoms with van der Waals surface area (Å²) in [6, 6.07) is 2.97. The fourth-order valence-electron chi connectivity index (χ4n) is 1.12. The van der Waals surface area contributed by atoms with Gasteiger partial charge in [-0.05, 0) is 18.6 Å². The quantitative estimate of drug-likeness (QED) is 0.758. The van der Waals surface area contributed by atoms with E-state index in [2.05, 4.69) is 9.97 Å². The lowest BCUT2D eigenvalue weighted by Crippen LogP contribution is -1.86. The molecule has 4 heteroatoms. The van der Waals surface area contributed by atoms with Crippen molar-refractivity contribution in [3.8, 4) is 10.7 Å². The van der Waals surface area contributed by atoms with Gasteiger partial charge in [0.15, 0.2) is 5.82 Å². The molecule has 0 saturated heterocycles. The van der Waals surface area contributed by atoms with Crippen LogP contribution in [0.5, 0.6) is 0 Å². The molecule has 0 N–H and O–H groups in total. The topological polar surface area (TPSA) is 25.8 Å². The van der Waals surface area contributed by atoms with Crippen LogP contribution >= 0.6 is 11.3 Å². The normalized spacial score (nSPS) is 10.4. The largest absolute Gasteiger partial charge is 0.251 e. The summed E-state index contributed by atoms with van der Waals surface area (Å²) >= 11 is 1.49. The number of thiazole rings is 1. The zero-order chi connectivity index (χ0) is 9.97. The van der Waals surface area contributed by atoms with Crippen LogP contribution in [0.1, 0.15) is 11.8 Å². The Bertz CT molecular complexity index is 439. The van der Waals surface area contributed by atoms with E-state index in [-0.39, 0.29) is 5.82 Å². The van der Waals surface area contributed by atoms with E-state index < -0.39 is 0 Å². The van der Waals surface area contributed by atoms with E-state index in [0.717, 1.165) is 11.3 Å². The minimum absolute atomic E-state index is 0.315. The van der Waals surface area contributed by atoms with Crippen molar-refractivity contribution in [1.82, 2.24) is 9.97 Å². The Balaban J connectivity index is 2.44. The van der Waals surface area contributed by atoms with Crippen molar-refractivity contribution in [1.29, 1.82) is 0 Å². The maximum atomic E-state index is 13.3. The zero-order valence-corrected chi connectivity index (χ0v) is 8.51. The van der Waals surface area contributed by atoms with E-state index in [4.69, 9.17) is 0 Å². The van der Waals surface area contributed by atoms with Crippen LogP contribution in [0.25, 0.3) is 10.7 Å². The lowest BCUT2D eigenvalue weighted by Gasteiger charge is -1.95. The zero-order valence-electron chi connectivity index (χ0n) is 7.70. The van der Waals surface area contributed by atoms with Gasteiger partial charge >= 0.3 is 0 Å². The molecule has 0 spiro atoms. The van der Waals surface area contributed by atoms with Gasteiger partial charge in [0, 0.05) is 17.3 Å². The number of hydrogen-bond acceptors (Lipinski definition) is 3. The van der Waals surface area contributed by atoms with Gasteiger partial charge < -0.3 is 0 Å². The minimum atomic E-state index is -0.315. The van der Waals surface area contributed by atoms with Gasteiger partial charge in [-0.3, -0.25) is 4.98 Å². The SMILES string of the molecule is CCc1cnc(-c2ncccc2F)s1. The fourth-order valence-corrected chi connectivity index (χ4v) is 1.97. The predicted octanol–water partition coefficient (Wildman–Crippen LogP) is 2.91. The third kappa shape index (κ3) is 1.65. The van der Waals surface area contributed by atoms with Gasteiger partial charge in [-0.15, -0.1) is 11.3 Å². The van der Waals surface area contributed by atoms with Gasteiger partial charge in [-0.25, -0.2) is 9.37 Å². The number of rotatable bonds is 2. The van der Waals surface area contributed by atoms with Gasteiger partial charge in [-0.2, -0.15) is 0 Å². The summed E-state index contributed by atoms with van der Waals surface area (Å²) in [7, 11) is 0. The van der Waals surface area contributed by atoms with Crippen LogP contribution in [-0.2, 0) is 6.42 Å². The molecule has 0 atom stereocenters. The Kier molecular flexibility index (Phi) is 2.54. The third-order valence-electron chi connectivity index (χ3n) is 1.86. The Morgan fingerprint density at radius 3 is 2.93 bits per heavy atom.